The summed E-state index contributed by atoms with van der Waals surface area (Å²) in [4.78, 5) is 24.9. The molecule has 106 valence electrons. The summed E-state index contributed by atoms with van der Waals surface area (Å²) in [6, 6.07) is 0. The molecule has 0 aliphatic carbocycles. The fourth-order valence-electron chi connectivity index (χ4n) is 1.46. The number of carbonyl (C=O) groups is 1. The predicted molar refractivity (Wildman–Crippen MR) is 60.6 cm³/mol. The van der Waals surface area contributed by atoms with Gasteiger partial charge in [0.15, 0.2) is 17.3 Å². The highest BCUT2D eigenvalue weighted by Crippen LogP contribution is 2.31. The molecule has 9 heteroatoms. The van der Waals surface area contributed by atoms with Crippen molar-refractivity contribution in [3.05, 3.63) is 29.8 Å². The maximum atomic E-state index is 12.9. The smallest absolute Gasteiger partial charge is 0.434 e. The van der Waals surface area contributed by atoms with Crippen molar-refractivity contribution in [3.8, 4) is 11.6 Å². The largest absolute Gasteiger partial charge is 0.462 e. The van der Waals surface area contributed by atoms with Gasteiger partial charge in [-0.2, -0.15) is 13.2 Å². The first-order chi connectivity index (χ1) is 9.43. The van der Waals surface area contributed by atoms with Gasteiger partial charge in [0.1, 0.15) is 5.56 Å². The molecule has 0 amide bonds. The topological polar surface area (TPSA) is 80.8 Å². The van der Waals surface area contributed by atoms with Crippen LogP contribution in [-0.4, -0.2) is 32.5 Å². The van der Waals surface area contributed by atoms with Crippen molar-refractivity contribution in [2.75, 3.05) is 6.61 Å². The van der Waals surface area contributed by atoms with Gasteiger partial charge in [-0.15, -0.1) is 0 Å². The molecular formula is C11H9F3N4O2. The second kappa shape index (κ2) is 5.27. The van der Waals surface area contributed by atoms with Crippen LogP contribution in [0.4, 0.5) is 13.2 Å². The van der Waals surface area contributed by atoms with Crippen molar-refractivity contribution < 1.29 is 22.7 Å². The standard InChI is InChI=1S/C11H9F3N4O2/c1-2-20-10(19)6-5-17-9(8-15-3-4-16-8)18-7(6)11(12,13)14/h3-5H,2H2,1H3,(H,15,16). The summed E-state index contributed by atoms with van der Waals surface area (Å²) < 4.78 is 43.4. The number of imidazole rings is 1. The lowest BCUT2D eigenvalue weighted by molar-refractivity contribution is -0.141. The molecule has 0 atom stereocenters. The van der Waals surface area contributed by atoms with Crippen LogP contribution in [0.3, 0.4) is 0 Å². The van der Waals surface area contributed by atoms with Crippen LogP contribution in [0.15, 0.2) is 18.6 Å². The second-order valence-corrected chi connectivity index (χ2v) is 3.61. The Morgan fingerprint density at radius 1 is 1.40 bits per heavy atom. The molecule has 2 rings (SSSR count). The van der Waals surface area contributed by atoms with Crippen molar-refractivity contribution in [1.29, 1.82) is 0 Å². The van der Waals surface area contributed by atoms with E-state index in [-0.39, 0.29) is 18.3 Å². The summed E-state index contributed by atoms with van der Waals surface area (Å²) in [5.74, 6) is -1.30. The number of hydrogen-bond donors (Lipinski definition) is 1. The van der Waals surface area contributed by atoms with Crippen LogP contribution in [0, 0.1) is 0 Å². The fourth-order valence-corrected chi connectivity index (χ4v) is 1.46. The molecule has 0 saturated carbocycles. The van der Waals surface area contributed by atoms with E-state index >= 15 is 0 Å². The highest BCUT2D eigenvalue weighted by Gasteiger charge is 2.38. The maximum absolute atomic E-state index is 12.9. The number of rotatable bonds is 3. The molecule has 20 heavy (non-hydrogen) atoms. The number of hydrogen-bond acceptors (Lipinski definition) is 5. The van der Waals surface area contributed by atoms with Gasteiger partial charge in [-0.3, -0.25) is 0 Å². The lowest BCUT2D eigenvalue weighted by Gasteiger charge is -2.11. The number of nitrogens with one attached hydrogen (secondary N) is 1. The molecular weight excluding hydrogens is 277 g/mol. The molecule has 0 bridgehead atoms. The van der Waals surface area contributed by atoms with Crippen molar-refractivity contribution >= 4 is 5.97 Å². The predicted octanol–water partition coefficient (Wildman–Crippen LogP) is 2.06. The molecule has 2 aromatic heterocycles. The molecule has 0 aromatic carbocycles. The number of aromatic amines is 1. The number of carbonyl (C=O) groups excluding carboxylic acids is 1. The van der Waals surface area contributed by atoms with E-state index in [1.165, 1.54) is 19.3 Å². The first kappa shape index (κ1) is 14.0. The van der Waals surface area contributed by atoms with Gasteiger partial charge < -0.3 is 9.72 Å². The van der Waals surface area contributed by atoms with Crippen LogP contribution in [0.25, 0.3) is 11.6 Å². The quantitative estimate of drug-likeness (QED) is 0.873. The normalized spacial score (nSPS) is 11.4. The van der Waals surface area contributed by atoms with Crippen LogP contribution >= 0.6 is 0 Å². The molecule has 2 aromatic rings. The number of H-pyrrole nitrogens is 1. The minimum absolute atomic E-state index is 0.0456. The lowest BCUT2D eigenvalue weighted by Crippen LogP contribution is -2.18. The zero-order chi connectivity index (χ0) is 14.8. The van der Waals surface area contributed by atoms with E-state index in [0.717, 1.165) is 6.20 Å². The van der Waals surface area contributed by atoms with Crippen LogP contribution in [0.5, 0.6) is 0 Å². The number of aromatic nitrogens is 4. The van der Waals surface area contributed by atoms with Crippen molar-refractivity contribution in [3.63, 3.8) is 0 Å². The second-order valence-electron chi connectivity index (χ2n) is 3.61. The van der Waals surface area contributed by atoms with E-state index in [9.17, 15) is 18.0 Å². The Hall–Kier alpha value is -2.45. The molecule has 0 radical (unpaired) electrons. The third-order valence-electron chi connectivity index (χ3n) is 2.26. The molecule has 0 saturated heterocycles. The van der Waals surface area contributed by atoms with Crippen molar-refractivity contribution in [2.24, 2.45) is 0 Å². The SMILES string of the molecule is CCOC(=O)c1cnc(-c2ncc[nH]2)nc1C(F)(F)F. The molecule has 0 fully saturated rings. The molecule has 0 unspecified atom stereocenters. The van der Waals surface area contributed by atoms with Crippen molar-refractivity contribution in [2.45, 2.75) is 13.1 Å². The van der Waals surface area contributed by atoms with Crippen LogP contribution < -0.4 is 0 Å². The van der Waals surface area contributed by atoms with E-state index in [2.05, 4.69) is 24.7 Å². The average molecular weight is 286 g/mol. The Bertz CT molecular complexity index is 611. The van der Waals surface area contributed by atoms with Gasteiger partial charge in [-0.1, -0.05) is 0 Å². The summed E-state index contributed by atoms with van der Waals surface area (Å²) in [5.41, 5.74) is -2.08. The molecule has 0 spiro atoms. The summed E-state index contributed by atoms with van der Waals surface area (Å²) in [6.07, 6.45) is -1.24. The first-order valence-electron chi connectivity index (χ1n) is 5.54. The van der Waals surface area contributed by atoms with Gasteiger partial charge in [-0.05, 0) is 6.92 Å². The summed E-state index contributed by atoms with van der Waals surface area (Å²) >= 11 is 0. The number of nitrogens with zero attached hydrogens (tertiary/aromatic N) is 3. The zero-order valence-electron chi connectivity index (χ0n) is 10.2. The Kier molecular flexibility index (Phi) is 3.68. The minimum Gasteiger partial charge on any atom is -0.462 e. The highest BCUT2D eigenvalue weighted by molar-refractivity contribution is 5.90. The first-order valence-corrected chi connectivity index (χ1v) is 5.54. The zero-order valence-corrected chi connectivity index (χ0v) is 10.2. The van der Waals surface area contributed by atoms with Gasteiger partial charge in [-0.25, -0.2) is 19.7 Å². The van der Waals surface area contributed by atoms with Gasteiger partial charge in [0, 0.05) is 18.6 Å². The maximum Gasteiger partial charge on any atom is 0.434 e. The van der Waals surface area contributed by atoms with Gasteiger partial charge >= 0.3 is 12.1 Å². The Morgan fingerprint density at radius 3 is 2.70 bits per heavy atom. The van der Waals surface area contributed by atoms with E-state index in [0.29, 0.717) is 0 Å². The third-order valence-corrected chi connectivity index (χ3v) is 2.26. The third kappa shape index (κ3) is 2.76. The van der Waals surface area contributed by atoms with Gasteiger partial charge in [0.25, 0.3) is 0 Å². The Balaban J connectivity index is 2.52. The minimum atomic E-state index is -4.80. The highest BCUT2D eigenvalue weighted by atomic mass is 19.4. The van der Waals surface area contributed by atoms with E-state index in [1.807, 2.05) is 0 Å². The van der Waals surface area contributed by atoms with E-state index < -0.39 is 23.4 Å². The average Bonchev–Trinajstić information content (AvgIpc) is 2.91. The van der Waals surface area contributed by atoms with Gasteiger partial charge in [0.05, 0.1) is 6.61 Å². The number of alkyl halides is 3. The van der Waals surface area contributed by atoms with E-state index in [4.69, 9.17) is 0 Å². The van der Waals surface area contributed by atoms with E-state index in [1.54, 1.807) is 0 Å². The summed E-state index contributed by atoms with van der Waals surface area (Å²) in [7, 11) is 0. The van der Waals surface area contributed by atoms with Crippen LogP contribution in [-0.2, 0) is 10.9 Å². The number of esters is 1. The molecule has 1 N–H and O–H groups in total. The van der Waals surface area contributed by atoms with Crippen molar-refractivity contribution in [1.82, 2.24) is 19.9 Å². The number of ether oxygens (including phenoxy) is 1. The fraction of sp³-hybridized carbons (Fsp3) is 0.273. The Morgan fingerprint density at radius 2 is 2.15 bits per heavy atom. The van der Waals surface area contributed by atoms with Crippen LogP contribution in [0.2, 0.25) is 0 Å². The van der Waals surface area contributed by atoms with Crippen LogP contribution in [0.1, 0.15) is 23.0 Å². The summed E-state index contributed by atoms with van der Waals surface area (Å²) in [6.45, 7) is 1.44. The number of halogens is 3. The lowest BCUT2D eigenvalue weighted by atomic mass is 10.2. The Labute approximate surface area is 111 Å². The van der Waals surface area contributed by atoms with Gasteiger partial charge in [0.2, 0.25) is 0 Å². The summed E-state index contributed by atoms with van der Waals surface area (Å²) in [5, 5.41) is 0. The monoisotopic (exact) mass is 286 g/mol. The molecule has 0 aliphatic rings. The molecule has 6 nitrogen and oxygen atoms in total. The molecule has 0 aliphatic heterocycles. The molecule has 2 heterocycles.